The number of aromatic carboxylic acids is 1. The molecule has 0 aliphatic carbocycles. The second kappa shape index (κ2) is 9.10. The minimum absolute atomic E-state index is 0.133. The van der Waals surface area contributed by atoms with E-state index in [-0.39, 0.29) is 17.5 Å². The van der Waals surface area contributed by atoms with Crippen LogP contribution in [0.3, 0.4) is 0 Å². The second-order valence-electron chi connectivity index (χ2n) is 6.61. The number of nitrogens with zero attached hydrogens (tertiary/aromatic N) is 2. The van der Waals surface area contributed by atoms with Crippen LogP contribution in [0.25, 0.3) is 11.3 Å². The summed E-state index contributed by atoms with van der Waals surface area (Å²) in [5.41, 5.74) is 1.86. The van der Waals surface area contributed by atoms with Crippen molar-refractivity contribution >= 4 is 29.5 Å². The predicted molar refractivity (Wildman–Crippen MR) is 110 cm³/mol. The van der Waals surface area contributed by atoms with Gasteiger partial charge in [0.1, 0.15) is 11.4 Å². The van der Waals surface area contributed by atoms with E-state index in [0.29, 0.717) is 38.4 Å². The summed E-state index contributed by atoms with van der Waals surface area (Å²) in [5.74, 6) is -0.844. The van der Waals surface area contributed by atoms with Crippen molar-refractivity contribution in [3.05, 3.63) is 42.0 Å². The zero-order valence-electron chi connectivity index (χ0n) is 16.1. The predicted octanol–water partition coefficient (Wildman–Crippen LogP) is 3.95. The normalized spacial score (nSPS) is 14.7. The van der Waals surface area contributed by atoms with Gasteiger partial charge >= 0.3 is 11.9 Å². The van der Waals surface area contributed by atoms with Gasteiger partial charge in [0.05, 0.1) is 18.2 Å². The van der Waals surface area contributed by atoms with Gasteiger partial charge in [-0.2, -0.15) is 0 Å². The molecule has 1 aromatic carbocycles. The van der Waals surface area contributed by atoms with Gasteiger partial charge in [-0.1, -0.05) is 12.1 Å². The third kappa shape index (κ3) is 4.47. The number of anilines is 1. The van der Waals surface area contributed by atoms with Gasteiger partial charge in [0.25, 0.3) is 0 Å². The molecule has 28 heavy (non-hydrogen) atoms. The minimum atomic E-state index is -1.00. The molecule has 2 aromatic rings. The van der Waals surface area contributed by atoms with Crippen molar-refractivity contribution in [2.24, 2.45) is 5.92 Å². The quantitative estimate of drug-likeness (QED) is 0.581. The number of benzene rings is 1. The van der Waals surface area contributed by atoms with E-state index < -0.39 is 5.97 Å². The largest absolute Gasteiger partial charge is 0.478 e. The fourth-order valence-electron chi connectivity index (χ4n) is 3.37. The molecule has 6 nitrogen and oxygen atoms in total. The third-order valence-electron chi connectivity index (χ3n) is 4.91. The Morgan fingerprint density at radius 2 is 1.86 bits per heavy atom. The maximum atomic E-state index is 12.0. The highest BCUT2D eigenvalue weighted by Crippen LogP contribution is 2.29. The van der Waals surface area contributed by atoms with Crippen LogP contribution in [-0.4, -0.2) is 48.0 Å². The number of carboxylic acid groups (broad SMARTS) is 1. The molecule has 3 rings (SSSR count). The van der Waals surface area contributed by atoms with Crippen LogP contribution in [0.15, 0.2) is 41.3 Å². The number of pyridine rings is 1. The van der Waals surface area contributed by atoms with E-state index in [1.54, 1.807) is 30.8 Å². The maximum Gasteiger partial charge on any atom is 0.339 e. The molecule has 1 saturated heterocycles. The summed E-state index contributed by atoms with van der Waals surface area (Å²) in [6, 6.07) is 11.4. The number of piperidine rings is 1. The molecule has 1 N–H and O–H groups in total. The van der Waals surface area contributed by atoms with Gasteiger partial charge in [-0.15, -0.1) is 11.8 Å². The number of carbonyl (C=O) groups excluding carboxylic acids is 1. The Hall–Kier alpha value is -2.54. The van der Waals surface area contributed by atoms with Gasteiger partial charge in [-0.3, -0.25) is 4.79 Å². The maximum absolute atomic E-state index is 12.0. The number of hydrogen-bond donors (Lipinski definition) is 1. The van der Waals surface area contributed by atoms with Crippen LogP contribution in [-0.2, 0) is 9.53 Å². The first-order valence-corrected chi connectivity index (χ1v) is 10.6. The van der Waals surface area contributed by atoms with Crippen LogP contribution in [0.4, 0.5) is 5.82 Å². The summed E-state index contributed by atoms with van der Waals surface area (Å²) in [5, 5.41) is 9.59. The molecule has 0 spiro atoms. The average molecular weight is 401 g/mol. The Morgan fingerprint density at radius 1 is 1.18 bits per heavy atom. The Morgan fingerprint density at radius 3 is 2.43 bits per heavy atom. The number of thioether (sulfide) groups is 1. The van der Waals surface area contributed by atoms with Gasteiger partial charge in [0.15, 0.2) is 0 Å². The molecule has 0 saturated carbocycles. The lowest BCUT2D eigenvalue weighted by atomic mass is 9.96. The van der Waals surface area contributed by atoms with Crippen LogP contribution < -0.4 is 4.90 Å². The molecule has 7 heteroatoms. The number of ether oxygens (including phenoxy) is 1. The van der Waals surface area contributed by atoms with Gasteiger partial charge < -0.3 is 14.7 Å². The van der Waals surface area contributed by atoms with E-state index in [1.807, 2.05) is 35.4 Å². The average Bonchev–Trinajstić information content (AvgIpc) is 2.73. The van der Waals surface area contributed by atoms with Gasteiger partial charge in [-0.25, -0.2) is 9.78 Å². The van der Waals surface area contributed by atoms with Crippen molar-refractivity contribution < 1.29 is 19.4 Å². The molecule has 1 fully saturated rings. The lowest BCUT2D eigenvalue weighted by Crippen LogP contribution is -2.38. The molecular weight excluding hydrogens is 376 g/mol. The molecule has 0 radical (unpaired) electrons. The molecule has 1 aliphatic heterocycles. The van der Waals surface area contributed by atoms with Crippen molar-refractivity contribution in [1.29, 1.82) is 0 Å². The molecular formula is C21H24N2O4S. The first kappa shape index (κ1) is 20.2. The molecule has 1 aliphatic rings. The molecule has 148 valence electrons. The topological polar surface area (TPSA) is 79.7 Å². The van der Waals surface area contributed by atoms with Crippen molar-refractivity contribution in [3.8, 4) is 11.3 Å². The Kier molecular flexibility index (Phi) is 6.57. The zero-order chi connectivity index (χ0) is 20.1. The fraction of sp³-hybridized carbons (Fsp3) is 0.381. The molecule has 1 aromatic heterocycles. The lowest BCUT2D eigenvalue weighted by molar-refractivity contribution is -0.148. The van der Waals surface area contributed by atoms with Gasteiger partial charge in [0.2, 0.25) is 0 Å². The Balaban J connectivity index is 1.84. The fourth-order valence-corrected chi connectivity index (χ4v) is 3.77. The van der Waals surface area contributed by atoms with E-state index in [2.05, 4.69) is 4.98 Å². The second-order valence-corrected chi connectivity index (χ2v) is 7.49. The van der Waals surface area contributed by atoms with E-state index in [9.17, 15) is 14.7 Å². The van der Waals surface area contributed by atoms with E-state index >= 15 is 0 Å². The van der Waals surface area contributed by atoms with Crippen molar-refractivity contribution in [2.75, 3.05) is 30.9 Å². The highest BCUT2D eigenvalue weighted by molar-refractivity contribution is 7.98. The third-order valence-corrected chi connectivity index (χ3v) is 5.65. The number of aromatic nitrogens is 1. The van der Waals surface area contributed by atoms with E-state index in [0.717, 1.165) is 16.2 Å². The van der Waals surface area contributed by atoms with Crippen LogP contribution in [0, 0.1) is 5.92 Å². The van der Waals surface area contributed by atoms with Crippen molar-refractivity contribution in [3.63, 3.8) is 0 Å². The summed E-state index contributed by atoms with van der Waals surface area (Å²) < 4.78 is 5.11. The first-order chi connectivity index (χ1) is 13.5. The monoisotopic (exact) mass is 400 g/mol. The standard InChI is InChI=1S/C21H24N2O4S/c1-3-27-21(26)15-10-12-23(13-11-15)19-17(20(24)25)8-9-18(22-19)14-4-6-16(28-2)7-5-14/h4-9,15H,3,10-13H2,1-2H3,(H,24,25). The first-order valence-electron chi connectivity index (χ1n) is 9.33. The van der Waals surface area contributed by atoms with Crippen LogP contribution in [0.1, 0.15) is 30.1 Å². The van der Waals surface area contributed by atoms with Crippen LogP contribution >= 0.6 is 11.8 Å². The SMILES string of the molecule is CCOC(=O)C1CCN(c2nc(-c3ccc(SC)cc3)ccc2C(=O)O)CC1. The van der Waals surface area contributed by atoms with Gasteiger partial charge in [0, 0.05) is 23.5 Å². The number of hydrogen-bond acceptors (Lipinski definition) is 6. The van der Waals surface area contributed by atoms with Crippen LogP contribution in [0.2, 0.25) is 0 Å². The molecule has 2 heterocycles. The molecule has 0 amide bonds. The highest BCUT2D eigenvalue weighted by Gasteiger charge is 2.28. The number of rotatable bonds is 6. The summed E-state index contributed by atoms with van der Waals surface area (Å²) in [6.07, 6.45) is 3.28. The van der Waals surface area contributed by atoms with E-state index in [4.69, 9.17) is 4.74 Å². The highest BCUT2D eigenvalue weighted by atomic mass is 32.2. The molecule has 0 bridgehead atoms. The Labute approximate surface area is 168 Å². The summed E-state index contributed by atoms with van der Waals surface area (Å²) in [4.78, 5) is 31.5. The smallest absolute Gasteiger partial charge is 0.339 e. The van der Waals surface area contributed by atoms with Crippen LogP contribution in [0.5, 0.6) is 0 Å². The molecule has 0 unspecified atom stereocenters. The Bertz CT molecular complexity index is 846. The molecule has 0 atom stereocenters. The summed E-state index contributed by atoms with van der Waals surface area (Å²) in [6.45, 7) is 3.33. The minimum Gasteiger partial charge on any atom is -0.478 e. The van der Waals surface area contributed by atoms with Crippen molar-refractivity contribution in [2.45, 2.75) is 24.7 Å². The summed E-state index contributed by atoms with van der Waals surface area (Å²) >= 11 is 1.67. The lowest BCUT2D eigenvalue weighted by Gasteiger charge is -2.32. The van der Waals surface area contributed by atoms with Gasteiger partial charge in [-0.05, 0) is 50.3 Å². The van der Waals surface area contributed by atoms with E-state index in [1.165, 1.54) is 0 Å². The summed E-state index contributed by atoms with van der Waals surface area (Å²) in [7, 11) is 0. The van der Waals surface area contributed by atoms with Crippen molar-refractivity contribution in [1.82, 2.24) is 4.98 Å². The number of esters is 1. The zero-order valence-corrected chi connectivity index (χ0v) is 16.9. The number of carboxylic acids is 1. The number of carbonyl (C=O) groups is 2.